The summed E-state index contributed by atoms with van der Waals surface area (Å²) in [5.41, 5.74) is 1.53. The lowest BCUT2D eigenvalue weighted by Crippen LogP contribution is -2.22. The van der Waals surface area contributed by atoms with Crippen LogP contribution in [0.1, 0.15) is 12.0 Å². The number of carbonyl (C=O) groups is 1. The van der Waals surface area contributed by atoms with E-state index in [1.165, 1.54) is 7.05 Å². The van der Waals surface area contributed by atoms with E-state index in [-0.39, 0.29) is 18.8 Å². The van der Waals surface area contributed by atoms with E-state index in [2.05, 4.69) is 10.3 Å². The number of nitrogens with one attached hydrogen (secondary N) is 1. The van der Waals surface area contributed by atoms with Crippen molar-refractivity contribution in [1.29, 1.82) is 0 Å². The van der Waals surface area contributed by atoms with Crippen LogP contribution < -0.4 is 5.32 Å². The van der Waals surface area contributed by atoms with E-state index in [0.717, 1.165) is 5.56 Å². The minimum absolute atomic E-state index is 0.0323. The normalized spacial score (nSPS) is 11.6. The van der Waals surface area contributed by atoms with Gasteiger partial charge in [-0.05, 0) is 17.7 Å². The van der Waals surface area contributed by atoms with Gasteiger partial charge in [-0.1, -0.05) is 24.3 Å². The van der Waals surface area contributed by atoms with Gasteiger partial charge in [0.15, 0.2) is 5.84 Å². The first kappa shape index (κ1) is 15.4. The van der Waals surface area contributed by atoms with Crippen LogP contribution in [0.2, 0.25) is 0 Å². The lowest BCUT2D eigenvalue weighted by atomic mass is 10.2. The van der Waals surface area contributed by atoms with Crippen molar-refractivity contribution in [2.75, 3.05) is 18.9 Å². The number of hydrogen-bond donors (Lipinski definition) is 2. The maximum Gasteiger partial charge on any atom is 0.307 e. The summed E-state index contributed by atoms with van der Waals surface area (Å²) >= 11 is 0. The first-order valence-corrected chi connectivity index (χ1v) is 5.84. The minimum atomic E-state index is -0.886. The highest BCUT2D eigenvalue weighted by atomic mass is 16.6. The van der Waals surface area contributed by atoms with Gasteiger partial charge in [0.05, 0.1) is 6.42 Å². The monoisotopic (exact) mass is 277 g/mol. The molecule has 0 aliphatic rings. The second kappa shape index (κ2) is 7.67. The number of aliphatic carboxylic acids is 1. The quantitative estimate of drug-likeness (QED) is 0.357. The Balaban J connectivity index is 2.64. The molecule has 0 saturated heterocycles. The molecule has 7 nitrogen and oxygen atoms in total. The van der Waals surface area contributed by atoms with Gasteiger partial charge in [-0.3, -0.25) is 19.9 Å². The molecule has 0 saturated carbocycles. The molecule has 7 heteroatoms. The molecule has 1 aromatic carbocycles. The third kappa shape index (κ3) is 5.76. The zero-order chi connectivity index (χ0) is 15.0. The molecule has 2 N–H and O–H groups in total. The number of hydrogen-bond acceptors (Lipinski definition) is 4. The Morgan fingerprint density at radius 1 is 1.45 bits per heavy atom. The number of carboxylic acid groups (broad SMARTS) is 1. The van der Waals surface area contributed by atoms with E-state index in [0.29, 0.717) is 5.69 Å². The Morgan fingerprint density at radius 2 is 2.10 bits per heavy atom. The highest BCUT2D eigenvalue weighted by Gasteiger charge is 2.06. The Bertz CT molecular complexity index is 535. The van der Waals surface area contributed by atoms with E-state index in [1.54, 1.807) is 36.4 Å². The van der Waals surface area contributed by atoms with Crippen LogP contribution >= 0.6 is 0 Å². The predicted octanol–water partition coefficient (Wildman–Crippen LogP) is 1.89. The Morgan fingerprint density at radius 3 is 2.60 bits per heavy atom. The molecule has 0 atom stereocenters. The number of carboxylic acids is 1. The van der Waals surface area contributed by atoms with Gasteiger partial charge in [0.25, 0.3) is 6.54 Å². The van der Waals surface area contributed by atoms with Gasteiger partial charge < -0.3 is 10.4 Å². The zero-order valence-corrected chi connectivity index (χ0v) is 10.9. The first-order chi connectivity index (χ1) is 9.51. The summed E-state index contributed by atoms with van der Waals surface area (Å²) in [6, 6.07) is 7.04. The number of aliphatic imine (C=N–C) groups is 1. The summed E-state index contributed by atoms with van der Waals surface area (Å²) in [6.07, 6.45) is 3.22. The number of amidine groups is 1. The maximum absolute atomic E-state index is 10.4. The third-order valence-electron chi connectivity index (χ3n) is 2.35. The van der Waals surface area contributed by atoms with Crippen molar-refractivity contribution >= 4 is 23.6 Å². The summed E-state index contributed by atoms with van der Waals surface area (Å²) in [6.45, 7) is -0.364. The summed E-state index contributed by atoms with van der Waals surface area (Å²) < 4.78 is 0. The minimum Gasteiger partial charge on any atom is -0.481 e. The van der Waals surface area contributed by atoms with Crippen LogP contribution in [0.15, 0.2) is 35.3 Å². The summed E-state index contributed by atoms with van der Waals surface area (Å²) in [5.74, 6) is -0.618. The average molecular weight is 277 g/mol. The Hall–Kier alpha value is -2.70. The zero-order valence-electron chi connectivity index (χ0n) is 10.9. The van der Waals surface area contributed by atoms with Crippen LogP contribution in [0.5, 0.6) is 0 Å². The summed E-state index contributed by atoms with van der Waals surface area (Å²) in [5, 5.41) is 21.8. The van der Waals surface area contributed by atoms with Crippen molar-refractivity contribution in [1.82, 2.24) is 0 Å². The molecule has 0 aromatic heterocycles. The molecule has 0 spiro atoms. The fourth-order valence-electron chi connectivity index (χ4n) is 1.43. The summed E-state index contributed by atoms with van der Waals surface area (Å²) in [7, 11) is 1.48. The second-order valence-electron chi connectivity index (χ2n) is 3.91. The highest BCUT2D eigenvalue weighted by molar-refractivity contribution is 5.96. The number of anilines is 1. The maximum atomic E-state index is 10.4. The first-order valence-electron chi connectivity index (χ1n) is 5.84. The van der Waals surface area contributed by atoms with Crippen molar-refractivity contribution < 1.29 is 14.8 Å². The Labute approximate surface area is 115 Å². The standard InChI is InChI=1S/C13H15N3O4/c1-14-12(9-16(19)20)15-11-7-5-10(6-8-11)3-2-4-13(17)18/h2-3,5-8H,4,9H2,1H3,(H,14,15)(H,17,18). The third-order valence-corrected chi connectivity index (χ3v) is 2.35. The molecule has 0 heterocycles. The van der Waals surface area contributed by atoms with Crippen molar-refractivity contribution in [3.8, 4) is 0 Å². The van der Waals surface area contributed by atoms with E-state index in [9.17, 15) is 14.9 Å². The fourth-order valence-corrected chi connectivity index (χ4v) is 1.43. The topological polar surface area (TPSA) is 105 Å². The number of benzene rings is 1. The SMILES string of the molecule is CN=C(C[N+](=O)[O-])Nc1ccc(C=CCC(=O)O)cc1. The molecular formula is C13H15N3O4. The molecule has 0 amide bonds. The van der Waals surface area contributed by atoms with Crippen LogP contribution in [-0.4, -0.2) is 35.4 Å². The second-order valence-corrected chi connectivity index (χ2v) is 3.91. The van der Waals surface area contributed by atoms with Gasteiger partial charge in [0.2, 0.25) is 0 Å². The fraction of sp³-hybridized carbons (Fsp3) is 0.231. The van der Waals surface area contributed by atoms with Gasteiger partial charge in [-0.2, -0.15) is 0 Å². The van der Waals surface area contributed by atoms with Gasteiger partial charge in [-0.25, -0.2) is 0 Å². The molecule has 1 aromatic rings. The molecular weight excluding hydrogens is 262 g/mol. The number of rotatable bonds is 6. The number of nitrogens with zero attached hydrogens (tertiary/aromatic N) is 2. The van der Waals surface area contributed by atoms with Crippen molar-refractivity contribution in [3.63, 3.8) is 0 Å². The predicted molar refractivity (Wildman–Crippen MR) is 76.6 cm³/mol. The van der Waals surface area contributed by atoms with Crippen molar-refractivity contribution in [2.45, 2.75) is 6.42 Å². The van der Waals surface area contributed by atoms with Crippen LogP contribution in [0.4, 0.5) is 5.69 Å². The molecule has 106 valence electrons. The van der Waals surface area contributed by atoms with Gasteiger partial charge >= 0.3 is 5.97 Å². The molecule has 0 aliphatic carbocycles. The molecule has 0 fully saturated rings. The highest BCUT2D eigenvalue weighted by Crippen LogP contribution is 2.11. The van der Waals surface area contributed by atoms with Gasteiger partial charge in [0, 0.05) is 17.7 Å². The molecule has 0 aliphatic heterocycles. The van der Waals surface area contributed by atoms with Crippen LogP contribution in [0.25, 0.3) is 6.08 Å². The largest absolute Gasteiger partial charge is 0.481 e. The lowest BCUT2D eigenvalue weighted by molar-refractivity contribution is -0.463. The van der Waals surface area contributed by atoms with Crippen LogP contribution in [-0.2, 0) is 4.79 Å². The van der Waals surface area contributed by atoms with Gasteiger partial charge in [0.1, 0.15) is 0 Å². The Kier molecular flexibility index (Phi) is 5.89. The van der Waals surface area contributed by atoms with Crippen LogP contribution in [0.3, 0.4) is 0 Å². The average Bonchev–Trinajstić information content (AvgIpc) is 2.39. The summed E-state index contributed by atoms with van der Waals surface area (Å²) in [4.78, 5) is 24.1. The van der Waals surface area contributed by atoms with E-state index < -0.39 is 10.9 Å². The molecule has 1 rings (SSSR count). The molecule has 0 radical (unpaired) electrons. The molecule has 0 unspecified atom stereocenters. The lowest BCUT2D eigenvalue weighted by Gasteiger charge is -2.06. The molecule has 0 bridgehead atoms. The van der Waals surface area contributed by atoms with Crippen LogP contribution in [0, 0.1) is 10.1 Å². The number of nitro groups is 1. The van der Waals surface area contributed by atoms with Gasteiger partial charge in [-0.15, -0.1) is 0 Å². The van der Waals surface area contributed by atoms with E-state index in [4.69, 9.17) is 5.11 Å². The molecule has 20 heavy (non-hydrogen) atoms. The van der Waals surface area contributed by atoms with E-state index in [1.807, 2.05) is 0 Å². The van der Waals surface area contributed by atoms with Crippen molar-refractivity contribution in [3.05, 3.63) is 46.0 Å². The van der Waals surface area contributed by atoms with Crippen molar-refractivity contribution in [2.24, 2.45) is 4.99 Å². The smallest absolute Gasteiger partial charge is 0.307 e. The van der Waals surface area contributed by atoms with E-state index >= 15 is 0 Å².